The smallest absolute Gasteiger partial charge is 0.295 e. The predicted octanol–water partition coefficient (Wildman–Crippen LogP) is 3.24. The van der Waals surface area contributed by atoms with Gasteiger partial charge in [-0.05, 0) is 56.1 Å². The van der Waals surface area contributed by atoms with E-state index in [0.29, 0.717) is 42.3 Å². The van der Waals surface area contributed by atoms with Crippen LogP contribution < -0.4 is 9.47 Å². The maximum absolute atomic E-state index is 13.0. The Labute approximate surface area is 188 Å². The number of carbonyl (C=O) groups excluding carboxylic acids is 2. The third-order valence-electron chi connectivity index (χ3n) is 5.23. The van der Waals surface area contributed by atoms with Gasteiger partial charge in [0.05, 0.1) is 18.7 Å². The predicted molar refractivity (Wildman–Crippen MR) is 123 cm³/mol. The van der Waals surface area contributed by atoms with Gasteiger partial charge in [-0.1, -0.05) is 24.8 Å². The molecule has 0 spiro atoms. The van der Waals surface area contributed by atoms with Crippen LogP contribution in [0.15, 0.2) is 66.8 Å². The standard InChI is InChI=1S/C25H28N2O5/c1-5-15-32-20-8-6-7-18(16-20)22-21(23(28)17-9-11-19(31-4)12-10-17)24(29)25(30)27(22)14-13-26(2)3/h5-12,16,22,28H,1,13-15H2,2-4H3/b23-21+/t22-/m0/s1. The van der Waals surface area contributed by atoms with Gasteiger partial charge in [0.2, 0.25) is 0 Å². The lowest BCUT2D eigenvalue weighted by Gasteiger charge is -2.27. The van der Waals surface area contributed by atoms with E-state index in [1.807, 2.05) is 25.1 Å². The number of likely N-dealkylation sites (tertiary alicyclic amines) is 1. The van der Waals surface area contributed by atoms with Gasteiger partial charge in [-0.25, -0.2) is 0 Å². The van der Waals surface area contributed by atoms with Gasteiger partial charge in [0, 0.05) is 18.7 Å². The molecule has 7 heteroatoms. The van der Waals surface area contributed by atoms with Crippen molar-refractivity contribution >= 4 is 17.4 Å². The third-order valence-corrected chi connectivity index (χ3v) is 5.23. The molecule has 1 aliphatic rings. The first kappa shape index (κ1) is 23.1. The highest BCUT2D eigenvalue weighted by atomic mass is 16.5. The lowest BCUT2D eigenvalue weighted by atomic mass is 9.95. The van der Waals surface area contributed by atoms with Crippen LogP contribution in [0, 0.1) is 0 Å². The molecule has 1 N–H and O–H groups in total. The van der Waals surface area contributed by atoms with Crippen molar-refractivity contribution in [1.29, 1.82) is 0 Å². The van der Waals surface area contributed by atoms with Gasteiger partial charge in [-0.3, -0.25) is 9.59 Å². The van der Waals surface area contributed by atoms with Crippen molar-refractivity contribution in [2.45, 2.75) is 6.04 Å². The normalized spacial score (nSPS) is 17.6. The van der Waals surface area contributed by atoms with Gasteiger partial charge < -0.3 is 24.4 Å². The van der Waals surface area contributed by atoms with Crippen molar-refractivity contribution < 1.29 is 24.2 Å². The molecule has 2 aromatic carbocycles. The number of amides is 1. The second kappa shape index (κ2) is 10.2. The maximum atomic E-state index is 13.0. The van der Waals surface area contributed by atoms with Crippen molar-refractivity contribution in [3.05, 3.63) is 77.9 Å². The number of rotatable bonds is 9. The number of carbonyl (C=O) groups is 2. The molecule has 168 valence electrons. The molecule has 2 aromatic rings. The Bertz CT molecular complexity index is 1030. The number of Topliss-reactive ketones (excluding diaryl/α,β-unsaturated/α-hetero) is 1. The van der Waals surface area contributed by atoms with Crippen LogP contribution >= 0.6 is 0 Å². The number of aliphatic hydroxyl groups is 1. The van der Waals surface area contributed by atoms with Crippen LogP contribution in [0.1, 0.15) is 17.2 Å². The van der Waals surface area contributed by atoms with Gasteiger partial charge >= 0.3 is 0 Å². The van der Waals surface area contributed by atoms with E-state index in [-0.39, 0.29) is 11.3 Å². The fourth-order valence-electron chi connectivity index (χ4n) is 3.60. The average Bonchev–Trinajstić information content (AvgIpc) is 3.06. The summed E-state index contributed by atoms with van der Waals surface area (Å²) in [7, 11) is 5.34. The van der Waals surface area contributed by atoms with Crippen LogP contribution in [0.25, 0.3) is 5.76 Å². The van der Waals surface area contributed by atoms with E-state index in [1.165, 1.54) is 4.90 Å². The van der Waals surface area contributed by atoms with E-state index in [9.17, 15) is 14.7 Å². The number of ether oxygens (including phenoxy) is 2. The number of aliphatic hydroxyl groups excluding tert-OH is 1. The van der Waals surface area contributed by atoms with E-state index in [0.717, 1.165) is 0 Å². The molecular weight excluding hydrogens is 408 g/mol. The zero-order valence-electron chi connectivity index (χ0n) is 18.6. The first-order chi connectivity index (χ1) is 15.4. The summed E-state index contributed by atoms with van der Waals surface area (Å²) in [6, 6.07) is 13.2. The molecule has 0 bridgehead atoms. The lowest BCUT2D eigenvalue weighted by Crippen LogP contribution is -2.35. The van der Waals surface area contributed by atoms with Gasteiger partial charge in [0.1, 0.15) is 23.9 Å². The van der Waals surface area contributed by atoms with Crippen LogP contribution in [0.2, 0.25) is 0 Å². The second-order valence-electron chi connectivity index (χ2n) is 7.70. The Morgan fingerprint density at radius 2 is 1.88 bits per heavy atom. The summed E-state index contributed by atoms with van der Waals surface area (Å²) in [6.45, 7) is 4.88. The van der Waals surface area contributed by atoms with E-state index >= 15 is 0 Å². The second-order valence-corrected chi connectivity index (χ2v) is 7.70. The van der Waals surface area contributed by atoms with Crippen molar-refractivity contribution in [3.63, 3.8) is 0 Å². The highest BCUT2D eigenvalue weighted by Gasteiger charge is 2.46. The summed E-state index contributed by atoms with van der Waals surface area (Å²) in [4.78, 5) is 29.4. The highest BCUT2D eigenvalue weighted by molar-refractivity contribution is 6.46. The van der Waals surface area contributed by atoms with Crippen molar-refractivity contribution in [1.82, 2.24) is 9.80 Å². The minimum atomic E-state index is -0.732. The van der Waals surface area contributed by atoms with Crippen molar-refractivity contribution in [2.75, 3.05) is 40.9 Å². The molecule has 7 nitrogen and oxygen atoms in total. The quantitative estimate of drug-likeness (QED) is 0.281. The molecule has 0 aromatic heterocycles. The highest BCUT2D eigenvalue weighted by Crippen LogP contribution is 2.40. The van der Waals surface area contributed by atoms with Gasteiger partial charge in [0.25, 0.3) is 11.7 Å². The van der Waals surface area contributed by atoms with E-state index in [1.54, 1.807) is 55.7 Å². The molecule has 0 aliphatic carbocycles. The first-order valence-electron chi connectivity index (χ1n) is 10.3. The van der Waals surface area contributed by atoms with Gasteiger partial charge in [-0.2, -0.15) is 0 Å². The van der Waals surface area contributed by atoms with E-state index < -0.39 is 17.7 Å². The zero-order valence-corrected chi connectivity index (χ0v) is 18.6. The van der Waals surface area contributed by atoms with Crippen LogP contribution in [0.5, 0.6) is 11.5 Å². The molecule has 1 atom stereocenters. The Hall–Kier alpha value is -3.58. The molecule has 0 unspecified atom stereocenters. The largest absolute Gasteiger partial charge is 0.507 e. The lowest BCUT2D eigenvalue weighted by molar-refractivity contribution is -0.140. The Morgan fingerprint density at radius 1 is 1.16 bits per heavy atom. The number of likely N-dealkylation sites (N-methyl/N-ethyl adjacent to an activating group) is 1. The molecule has 1 aliphatic heterocycles. The molecule has 1 saturated heterocycles. The van der Waals surface area contributed by atoms with Crippen LogP contribution in [-0.4, -0.2) is 67.5 Å². The monoisotopic (exact) mass is 436 g/mol. The number of benzene rings is 2. The Balaban J connectivity index is 2.11. The molecule has 0 radical (unpaired) electrons. The molecule has 1 amide bonds. The number of hydrogen-bond acceptors (Lipinski definition) is 6. The summed E-state index contributed by atoms with van der Waals surface area (Å²) in [5.74, 6) is -0.355. The van der Waals surface area contributed by atoms with Crippen LogP contribution in [0.3, 0.4) is 0 Å². The Morgan fingerprint density at radius 3 is 2.50 bits per heavy atom. The van der Waals surface area contributed by atoms with Crippen molar-refractivity contribution in [3.8, 4) is 11.5 Å². The van der Waals surface area contributed by atoms with Crippen LogP contribution in [0.4, 0.5) is 0 Å². The summed E-state index contributed by atoms with van der Waals surface area (Å²) < 4.78 is 10.8. The molecule has 1 heterocycles. The topological polar surface area (TPSA) is 79.3 Å². The average molecular weight is 437 g/mol. The fraction of sp³-hybridized carbons (Fsp3) is 0.280. The minimum absolute atomic E-state index is 0.0554. The number of hydrogen-bond donors (Lipinski definition) is 1. The van der Waals surface area contributed by atoms with E-state index in [2.05, 4.69) is 6.58 Å². The molecular formula is C25H28N2O5. The summed E-state index contributed by atoms with van der Waals surface area (Å²) in [5.41, 5.74) is 1.17. The van der Waals surface area contributed by atoms with E-state index in [4.69, 9.17) is 9.47 Å². The summed E-state index contributed by atoms with van der Waals surface area (Å²) in [6.07, 6.45) is 1.64. The van der Waals surface area contributed by atoms with Gasteiger partial charge in [0.15, 0.2) is 0 Å². The van der Waals surface area contributed by atoms with Crippen molar-refractivity contribution in [2.24, 2.45) is 0 Å². The number of ketones is 1. The number of methoxy groups -OCH3 is 1. The van der Waals surface area contributed by atoms with Gasteiger partial charge in [-0.15, -0.1) is 0 Å². The van der Waals surface area contributed by atoms with Crippen LogP contribution in [-0.2, 0) is 9.59 Å². The molecule has 32 heavy (non-hydrogen) atoms. The summed E-state index contributed by atoms with van der Waals surface area (Å²) in [5, 5.41) is 11.1. The zero-order chi connectivity index (χ0) is 23.3. The first-order valence-corrected chi connectivity index (χ1v) is 10.3. The molecule has 0 saturated carbocycles. The summed E-state index contributed by atoms with van der Waals surface area (Å²) >= 11 is 0. The molecule has 1 fully saturated rings. The maximum Gasteiger partial charge on any atom is 0.295 e. The number of nitrogens with zero attached hydrogens (tertiary/aromatic N) is 2. The minimum Gasteiger partial charge on any atom is -0.507 e. The molecule has 3 rings (SSSR count). The SMILES string of the molecule is C=CCOc1cccc([C@H]2/C(=C(\O)c3ccc(OC)cc3)C(=O)C(=O)N2CCN(C)C)c1. The fourth-order valence-corrected chi connectivity index (χ4v) is 3.60. The Kier molecular flexibility index (Phi) is 7.33. The third kappa shape index (κ3) is 4.84.